The van der Waals surface area contributed by atoms with E-state index < -0.39 is 0 Å². The second kappa shape index (κ2) is 4.67. The molecule has 0 aromatic carbocycles. The van der Waals surface area contributed by atoms with E-state index in [1.54, 1.807) is 0 Å². The second-order valence-electron chi connectivity index (χ2n) is 4.55. The fourth-order valence-corrected chi connectivity index (χ4v) is 2.24. The summed E-state index contributed by atoms with van der Waals surface area (Å²) in [4.78, 5) is 13.7. The Morgan fingerprint density at radius 1 is 1.43 bits per heavy atom. The van der Waals surface area contributed by atoms with Crippen LogP contribution in [-0.2, 0) is 0 Å². The lowest BCUT2D eigenvalue weighted by atomic mass is 9.86. The van der Waals surface area contributed by atoms with E-state index in [-0.39, 0.29) is 6.03 Å². The summed E-state index contributed by atoms with van der Waals surface area (Å²) in [6, 6.07) is 0.469. The maximum absolute atomic E-state index is 11.7. The van der Waals surface area contributed by atoms with Gasteiger partial charge in [0.2, 0.25) is 0 Å². The van der Waals surface area contributed by atoms with Crippen LogP contribution in [0.25, 0.3) is 0 Å². The zero-order chi connectivity index (χ0) is 10.7. The van der Waals surface area contributed by atoms with Gasteiger partial charge >= 0.3 is 6.03 Å². The van der Waals surface area contributed by atoms with E-state index in [2.05, 4.69) is 26.1 Å². The molecule has 3 unspecified atom stereocenters. The van der Waals surface area contributed by atoms with Crippen LogP contribution in [0.15, 0.2) is 0 Å². The number of rotatable bonds is 1. The van der Waals surface area contributed by atoms with Crippen molar-refractivity contribution in [1.29, 1.82) is 0 Å². The molecular weight excluding hydrogens is 176 g/mol. The van der Waals surface area contributed by atoms with Crippen molar-refractivity contribution in [2.45, 2.75) is 40.2 Å². The lowest BCUT2D eigenvalue weighted by molar-refractivity contribution is 0.102. The average molecular weight is 198 g/mol. The standard InChI is InChI=1S/C11H22N2O/c1-5-12-11(14)13-7-8(2)6-9(3)10(13)4/h8-10H,5-7H2,1-4H3,(H,12,14). The fourth-order valence-electron chi connectivity index (χ4n) is 2.24. The van der Waals surface area contributed by atoms with Crippen LogP contribution >= 0.6 is 0 Å². The first-order chi connectivity index (χ1) is 6.56. The summed E-state index contributed by atoms with van der Waals surface area (Å²) in [6.07, 6.45) is 1.23. The number of nitrogens with one attached hydrogen (secondary N) is 1. The van der Waals surface area contributed by atoms with E-state index in [4.69, 9.17) is 0 Å². The molecule has 1 fully saturated rings. The topological polar surface area (TPSA) is 32.3 Å². The van der Waals surface area contributed by atoms with Crippen molar-refractivity contribution in [2.24, 2.45) is 11.8 Å². The molecule has 0 spiro atoms. The lowest BCUT2D eigenvalue weighted by Crippen LogP contribution is -2.52. The predicted octanol–water partition coefficient (Wildman–Crippen LogP) is 2.08. The zero-order valence-electron chi connectivity index (χ0n) is 9.71. The van der Waals surface area contributed by atoms with Gasteiger partial charge in [0, 0.05) is 19.1 Å². The van der Waals surface area contributed by atoms with E-state index in [1.165, 1.54) is 6.42 Å². The highest BCUT2D eigenvalue weighted by atomic mass is 16.2. The number of likely N-dealkylation sites (tertiary alicyclic amines) is 1. The number of hydrogen-bond donors (Lipinski definition) is 1. The molecule has 1 heterocycles. The molecule has 0 aromatic heterocycles. The van der Waals surface area contributed by atoms with Crippen molar-refractivity contribution in [3.63, 3.8) is 0 Å². The number of urea groups is 1. The Kier molecular flexibility index (Phi) is 3.78. The minimum atomic E-state index is 0.0957. The number of amides is 2. The van der Waals surface area contributed by atoms with E-state index in [1.807, 2.05) is 11.8 Å². The molecule has 1 rings (SSSR count). The van der Waals surface area contributed by atoms with Gasteiger partial charge in [-0.3, -0.25) is 0 Å². The summed E-state index contributed by atoms with van der Waals surface area (Å²) < 4.78 is 0. The Hall–Kier alpha value is -0.730. The number of carbonyl (C=O) groups excluding carboxylic acids is 1. The van der Waals surface area contributed by atoms with Gasteiger partial charge in [0.05, 0.1) is 0 Å². The molecule has 82 valence electrons. The first-order valence-corrected chi connectivity index (χ1v) is 5.60. The summed E-state index contributed by atoms with van der Waals surface area (Å²) in [7, 11) is 0. The number of piperidine rings is 1. The van der Waals surface area contributed by atoms with E-state index >= 15 is 0 Å². The Morgan fingerprint density at radius 2 is 2.07 bits per heavy atom. The summed E-state index contributed by atoms with van der Waals surface area (Å²) in [5.41, 5.74) is 0. The normalized spacial score (nSPS) is 32.9. The molecule has 0 aromatic rings. The maximum Gasteiger partial charge on any atom is 0.317 e. The van der Waals surface area contributed by atoms with Crippen molar-refractivity contribution in [2.75, 3.05) is 13.1 Å². The van der Waals surface area contributed by atoms with Crippen LogP contribution in [0.5, 0.6) is 0 Å². The Bertz CT molecular complexity index is 205. The first-order valence-electron chi connectivity index (χ1n) is 5.60. The van der Waals surface area contributed by atoms with Crippen molar-refractivity contribution in [3.8, 4) is 0 Å². The zero-order valence-corrected chi connectivity index (χ0v) is 9.71. The smallest absolute Gasteiger partial charge is 0.317 e. The fraction of sp³-hybridized carbons (Fsp3) is 0.909. The van der Waals surface area contributed by atoms with Crippen LogP contribution < -0.4 is 5.32 Å². The van der Waals surface area contributed by atoms with Gasteiger partial charge in [0.25, 0.3) is 0 Å². The largest absolute Gasteiger partial charge is 0.338 e. The molecule has 1 N–H and O–H groups in total. The molecule has 0 radical (unpaired) electrons. The Morgan fingerprint density at radius 3 is 2.64 bits per heavy atom. The molecular formula is C11H22N2O. The predicted molar refractivity (Wildman–Crippen MR) is 58.2 cm³/mol. The molecule has 14 heavy (non-hydrogen) atoms. The maximum atomic E-state index is 11.7. The SMILES string of the molecule is CCNC(=O)N1CC(C)CC(C)C1C. The third kappa shape index (κ3) is 2.40. The van der Waals surface area contributed by atoms with Crippen LogP contribution in [0.4, 0.5) is 4.79 Å². The Labute approximate surface area is 86.9 Å². The van der Waals surface area contributed by atoms with Gasteiger partial charge in [-0.25, -0.2) is 4.79 Å². The van der Waals surface area contributed by atoms with E-state index in [0.717, 1.165) is 6.54 Å². The van der Waals surface area contributed by atoms with Crippen LogP contribution in [0.1, 0.15) is 34.1 Å². The van der Waals surface area contributed by atoms with Crippen LogP contribution in [0, 0.1) is 11.8 Å². The van der Waals surface area contributed by atoms with E-state index in [0.29, 0.717) is 24.4 Å². The second-order valence-corrected chi connectivity index (χ2v) is 4.55. The summed E-state index contributed by atoms with van der Waals surface area (Å²) in [5, 5.41) is 2.87. The van der Waals surface area contributed by atoms with Gasteiger partial charge < -0.3 is 10.2 Å². The van der Waals surface area contributed by atoms with Gasteiger partial charge in [0.15, 0.2) is 0 Å². The van der Waals surface area contributed by atoms with Crippen molar-refractivity contribution < 1.29 is 4.79 Å². The molecule has 3 heteroatoms. The molecule has 1 aliphatic heterocycles. The molecule has 3 nitrogen and oxygen atoms in total. The Balaban J connectivity index is 2.61. The molecule has 1 aliphatic rings. The molecule has 0 saturated carbocycles. The highest BCUT2D eigenvalue weighted by molar-refractivity contribution is 5.74. The summed E-state index contributed by atoms with van der Waals surface area (Å²) >= 11 is 0. The molecule has 1 saturated heterocycles. The van der Waals surface area contributed by atoms with Crippen molar-refractivity contribution in [3.05, 3.63) is 0 Å². The molecule has 0 bridgehead atoms. The summed E-state index contributed by atoms with van der Waals surface area (Å²) in [6.45, 7) is 10.2. The monoisotopic (exact) mass is 198 g/mol. The number of nitrogens with zero attached hydrogens (tertiary/aromatic N) is 1. The van der Waals surface area contributed by atoms with Crippen LogP contribution in [0.3, 0.4) is 0 Å². The summed E-state index contributed by atoms with van der Waals surface area (Å²) in [5.74, 6) is 1.24. The minimum Gasteiger partial charge on any atom is -0.338 e. The van der Waals surface area contributed by atoms with Crippen LogP contribution in [0.2, 0.25) is 0 Å². The van der Waals surface area contributed by atoms with Crippen molar-refractivity contribution in [1.82, 2.24) is 10.2 Å². The lowest BCUT2D eigenvalue weighted by Gasteiger charge is -2.40. The number of hydrogen-bond acceptors (Lipinski definition) is 1. The van der Waals surface area contributed by atoms with Gasteiger partial charge in [-0.15, -0.1) is 0 Å². The molecule has 2 amide bonds. The quantitative estimate of drug-likeness (QED) is 0.687. The first kappa shape index (κ1) is 11.3. The highest BCUT2D eigenvalue weighted by Crippen LogP contribution is 2.26. The van der Waals surface area contributed by atoms with Gasteiger partial charge in [-0.1, -0.05) is 13.8 Å². The van der Waals surface area contributed by atoms with E-state index in [9.17, 15) is 4.79 Å². The highest BCUT2D eigenvalue weighted by Gasteiger charge is 2.31. The van der Waals surface area contributed by atoms with Crippen molar-refractivity contribution >= 4 is 6.03 Å². The van der Waals surface area contributed by atoms with Gasteiger partial charge in [-0.05, 0) is 32.1 Å². The minimum absolute atomic E-state index is 0.0957. The molecule has 0 aliphatic carbocycles. The third-order valence-corrected chi connectivity index (χ3v) is 3.19. The van der Waals surface area contributed by atoms with Gasteiger partial charge in [-0.2, -0.15) is 0 Å². The van der Waals surface area contributed by atoms with Gasteiger partial charge in [0.1, 0.15) is 0 Å². The number of carbonyl (C=O) groups is 1. The third-order valence-electron chi connectivity index (χ3n) is 3.19. The van der Waals surface area contributed by atoms with Crippen LogP contribution in [-0.4, -0.2) is 30.1 Å². The molecule has 3 atom stereocenters. The average Bonchev–Trinajstić information content (AvgIpc) is 2.11.